The number of nitrogens with zero attached hydrogens (tertiary/aromatic N) is 4. The summed E-state index contributed by atoms with van der Waals surface area (Å²) in [6, 6.07) is 5.33. The van der Waals surface area contributed by atoms with Crippen LogP contribution in [-0.2, 0) is 4.74 Å². The summed E-state index contributed by atoms with van der Waals surface area (Å²) in [5.74, 6) is 0.889. The SMILES string of the molecule is Oc1cncc(-c2cc3c(NCC4CCC(N5CCOCC5)CC4)ncnc3cc2F)c1. The van der Waals surface area contributed by atoms with Crippen molar-refractivity contribution in [3.8, 4) is 16.9 Å². The second kappa shape index (κ2) is 9.34. The largest absolute Gasteiger partial charge is 0.506 e. The Hall–Kier alpha value is -2.84. The standard InChI is InChI=1S/C24H28FN5O2/c25-22-11-23-21(10-20(22)17-9-19(31)14-26-13-17)24(29-15-28-23)27-12-16-1-3-18(4-2-16)30-5-7-32-8-6-30/h9-11,13-16,18,31H,1-8,12H2,(H,27,28,29). The van der Waals surface area contributed by atoms with Crippen LogP contribution in [0.25, 0.3) is 22.0 Å². The molecule has 0 bridgehead atoms. The Balaban J connectivity index is 1.29. The molecule has 8 heteroatoms. The lowest BCUT2D eigenvalue weighted by atomic mass is 9.85. The maximum absolute atomic E-state index is 14.7. The Morgan fingerprint density at radius 2 is 1.88 bits per heavy atom. The van der Waals surface area contributed by atoms with Crippen molar-refractivity contribution in [1.82, 2.24) is 19.9 Å². The molecule has 1 aliphatic heterocycles. The molecular weight excluding hydrogens is 409 g/mol. The van der Waals surface area contributed by atoms with Crippen molar-refractivity contribution in [2.45, 2.75) is 31.7 Å². The van der Waals surface area contributed by atoms with E-state index in [1.165, 1.54) is 56.5 Å². The average Bonchev–Trinajstić information content (AvgIpc) is 2.83. The fourth-order valence-corrected chi connectivity index (χ4v) is 4.91. The number of halogens is 1. The summed E-state index contributed by atoms with van der Waals surface area (Å²) in [4.78, 5) is 15.2. The third kappa shape index (κ3) is 4.52. The summed E-state index contributed by atoms with van der Waals surface area (Å²) >= 11 is 0. The fourth-order valence-electron chi connectivity index (χ4n) is 4.91. The maximum Gasteiger partial charge on any atom is 0.137 e. The van der Waals surface area contributed by atoms with Crippen molar-refractivity contribution >= 4 is 16.7 Å². The third-order valence-electron chi connectivity index (χ3n) is 6.70. The molecule has 1 aromatic carbocycles. The molecule has 0 unspecified atom stereocenters. The molecule has 168 valence electrons. The summed E-state index contributed by atoms with van der Waals surface area (Å²) in [5, 5.41) is 14.0. The first-order chi connectivity index (χ1) is 15.7. The van der Waals surface area contributed by atoms with Gasteiger partial charge in [0.25, 0.3) is 0 Å². The molecule has 3 aromatic rings. The number of hydrogen-bond donors (Lipinski definition) is 2. The van der Waals surface area contributed by atoms with Crippen LogP contribution in [0, 0.1) is 11.7 Å². The van der Waals surface area contributed by atoms with E-state index in [1.807, 2.05) is 0 Å². The van der Waals surface area contributed by atoms with Gasteiger partial charge in [-0.1, -0.05) is 0 Å². The Bertz CT molecular complexity index is 1080. The molecule has 5 rings (SSSR count). The number of fused-ring (bicyclic) bond motifs is 1. The third-order valence-corrected chi connectivity index (χ3v) is 6.70. The van der Waals surface area contributed by atoms with Crippen LogP contribution >= 0.6 is 0 Å². The Kier molecular flexibility index (Phi) is 6.14. The zero-order valence-corrected chi connectivity index (χ0v) is 18.0. The predicted octanol–water partition coefficient (Wildman–Crippen LogP) is 3.84. The van der Waals surface area contributed by atoms with Crippen LogP contribution in [0.2, 0.25) is 0 Å². The molecule has 2 aromatic heterocycles. The minimum absolute atomic E-state index is 0.00246. The Morgan fingerprint density at radius 3 is 2.66 bits per heavy atom. The van der Waals surface area contributed by atoms with Crippen LogP contribution in [0.5, 0.6) is 5.75 Å². The van der Waals surface area contributed by atoms with Crippen LogP contribution in [0.4, 0.5) is 10.2 Å². The molecule has 2 fully saturated rings. The van der Waals surface area contributed by atoms with E-state index in [0.717, 1.165) is 38.2 Å². The minimum Gasteiger partial charge on any atom is -0.506 e. The number of anilines is 1. The van der Waals surface area contributed by atoms with Gasteiger partial charge in [-0.3, -0.25) is 9.88 Å². The molecule has 3 heterocycles. The number of benzene rings is 1. The summed E-state index contributed by atoms with van der Waals surface area (Å²) in [5.41, 5.74) is 1.43. The van der Waals surface area contributed by atoms with E-state index in [9.17, 15) is 9.50 Å². The lowest BCUT2D eigenvalue weighted by Crippen LogP contribution is -2.45. The highest BCUT2D eigenvalue weighted by Crippen LogP contribution is 2.32. The molecule has 0 spiro atoms. The van der Waals surface area contributed by atoms with E-state index in [0.29, 0.717) is 34.4 Å². The van der Waals surface area contributed by atoms with Gasteiger partial charge in [0.1, 0.15) is 23.7 Å². The second-order valence-corrected chi connectivity index (χ2v) is 8.71. The zero-order valence-electron chi connectivity index (χ0n) is 18.0. The second-order valence-electron chi connectivity index (χ2n) is 8.71. The van der Waals surface area contributed by atoms with Crippen LogP contribution in [0.15, 0.2) is 36.9 Å². The van der Waals surface area contributed by atoms with Crippen molar-refractivity contribution in [2.24, 2.45) is 5.92 Å². The van der Waals surface area contributed by atoms with Gasteiger partial charge in [0.05, 0.1) is 24.9 Å². The summed E-state index contributed by atoms with van der Waals surface area (Å²) in [7, 11) is 0. The molecular formula is C24H28FN5O2. The van der Waals surface area contributed by atoms with Crippen LogP contribution in [0.3, 0.4) is 0 Å². The van der Waals surface area contributed by atoms with Gasteiger partial charge in [0, 0.05) is 54.5 Å². The smallest absolute Gasteiger partial charge is 0.137 e. The molecule has 1 saturated heterocycles. The van der Waals surface area contributed by atoms with Gasteiger partial charge in [0.15, 0.2) is 0 Å². The van der Waals surface area contributed by atoms with Crippen molar-refractivity contribution < 1.29 is 14.2 Å². The number of aromatic nitrogens is 3. The lowest BCUT2D eigenvalue weighted by Gasteiger charge is -2.38. The van der Waals surface area contributed by atoms with E-state index in [4.69, 9.17) is 4.74 Å². The predicted molar refractivity (Wildman–Crippen MR) is 121 cm³/mol. The number of morpholine rings is 1. The first-order valence-electron chi connectivity index (χ1n) is 11.3. The van der Waals surface area contributed by atoms with Crippen molar-refractivity contribution in [1.29, 1.82) is 0 Å². The van der Waals surface area contributed by atoms with Crippen molar-refractivity contribution in [3.05, 3.63) is 42.7 Å². The average molecular weight is 438 g/mol. The molecule has 2 N–H and O–H groups in total. The normalized spacial score (nSPS) is 22.2. The first-order valence-corrected chi connectivity index (χ1v) is 11.3. The molecule has 32 heavy (non-hydrogen) atoms. The van der Waals surface area contributed by atoms with Gasteiger partial charge in [-0.05, 0) is 43.7 Å². The van der Waals surface area contributed by atoms with Crippen molar-refractivity contribution in [3.63, 3.8) is 0 Å². The van der Waals surface area contributed by atoms with Crippen LogP contribution in [-0.4, -0.2) is 63.8 Å². The molecule has 0 radical (unpaired) electrons. The quantitative estimate of drug-likeness (QED) is 0.627. The molecule has 1 saturated carbocycles. The van der Waals surface area contributed by atoms with Gasteiger partial charge in [-0.25, -0.2) is 14.4 Å². The number of pyridine rings is 1. The zero-order chi connectivity index (χ0) is 21.9. The highest BCUT2D eigenvalue weighted by Gasteiger charge is 2.27. The van der Waals surface area contributed by atoms with Crippen LogP contribution < -0.4 is 5.32 Å². The summed E-state index contributed by atoms with van der Waals surface area (Å²) in [6.45, 7) is 4.64. The monoisotopic (exact) mass is 437 g/mol. The lowest BCUT2D eigenvalue weighted by molar-refractivity contribution is 0.00540. The Morgan fingerprint density at radius 1 is 1.06 bits per heavy atom. The van der Waals surface area contributed by atoms with E-state index in [2.05, 4.69) is 25.2 Å². The number of ether oxygens (including phenoxy) is 1. The van der Waals surface area contributed by atoms with E-state index in [1.54, 1.807) is 6.07 Å². The fraction of sp³-hybridized carbons (Fsp3) is 0.458. The summed E-state index contributed by atoms with van der Waals surface area (Å²) in [6.07, 6.45) is 9.14. The number of rotatable bonds is 5. The maximum atomic E-state index is 14.7. The molecule has 1 aliphatic carbocycles. The number of aromatic hydroxyl groups is 1. The number of nitrogens with one attached hydrogen (secondary N) is 1. The minimum atomic E-state index is -0.406. The highest BCUT2D eigenvalue weighted by atomic mass is 19.1. The summed E-state index contributed by atoms with van der Waals surface area (Å²) < 4.78 is 20.2. The highest BCUT2D eigenvalue weighted by molar-refractivity contribution is 5.92. The van der Waals surface area contributed by atoms with E-state index >= 15 is 0 Å². The van der Waals surface area contributed by atoms with Gasteiger partial charge in [-0.15, -0.1) is 0 Å². The molecule has 7 nitrogen and oxygen atoms in total. The molecule has 0 amide bonds. The van der Waals surface area contributed by atoms with E-state index in [-0.39, 0.29) is 5.75 Å². The van der Waals surface area contributed by atoms with Gasteiger partial charge in [0.2, 0.25) is 0 Å². The topological polar surface area (TPSA) is 83.4 Å². The van der Waals surface area contributed by atoms with Gasteiger partial charge in [-0.2, -0.15) is 0 Å². The molecule has 2 aliphatic rings. The first kappa shape index (κ1) is 21.0. The van der Waals surface area contributed by atoms with Crippen LogP contribution in [0.1, 0.15) is 25.7 Å². The van der Waals surface area contributed by atoms with Gasteiger partial charge >= 0.3 is 0 Å². The number of hydrogen-bond acceptors (Lipinski definition) is 7. The van der Waals surface area contributed by atoms with Gasteiger partial charge < -0.3 is 15.2 Å². The Labute approximate surface area is 186 Å². The van der Waals surface area contributed by atoms with E-state index < -0.39 is 5.82 Å². The molecule has 0 atom stereocenters. The van der Waals surface area contributed by atoms with Crippen molar-refractivity contribution in [2.75, 3.05) is 38.2 Å².